The number of carbonyl (C=O) groups excluding carboxylic acids is 1. The van der Waals surface area contributed by atoms with E-state index < -0.39 is 18.5 Å². The summed E-state index contributed by atoms with van der Waals surface area (Å²) in [7, 11) is 0. The van der Waals surface area contributed by atoms with Gasteiger partial charge in [0.1, 0.15) is 0 Å². The van der Waals surface area contributed by atoms with Crippen molar-refractivity contribution in [3.8, 4) is 5.69 Å². The van der Waals surface area contributed by atoms with E-state index in [0.717, 1.165) is 0 Å². The van der Waals surface area contributed by atoms with Crippen LogP contribution in [0.4, 0.5) is 18.9 Å². The molecule has 118 valence electrons. The standard InChI is InChI=1S/C13H12ClF3N4O/c14-12-10(19-11(22)4-1-5-13(15,16)17)8-21(20-12)9-3-2-6-18-7-9/h2-3,6-8H,1,4-5H2,(H,19,22). The van der Waals surface area contributed by atoms with Crippen LogP contribution in [0.3, 0.4) is 0 Å². The van der Waals surface area contributed by atoms with Gasteiger partial charge in [-0.2, -0.15) is 18.3 Å². The van der Waals surface area contributed by atoms with Gasteiger partial charge in [0.15, 0.2) is 5.15 Å². The quantitative estimate of drug-likeness (QED) is 0.910. The molecule has 0 saturated heterocycles. The molecule has 9 heteroatoms. The zero-order valence-corrected chi connectivity index (χ0v) is 12.0. The minimum atomic E-state index is -4.26. The number of nitrogens with zero attached hydrogens (tertiary/aromatic N) is 3. The minimum Gasteiger partial charge on any atom is -0.322 e. The Morgan fingerprint density at radius 1 is 1.41 bits per heavy atom. The molecule has 5 nitrogen and oxygen atoms in total. The van der Waals surface area contributed by atoms with Crippen LogP contribution in [0.25, 0.3) is 5.69 Å². The second-order valence-corrected chi connectivity index (χ2v) is 4.86. The number of amides is 1. The summed E-state index contributed by atoms with van der Waals surface area (Å²) in [5, 5.41) is 6.49. The topological polar surface area (TPSA) is 59.8 Å². The number of rotatable bonds is 5. The Balaban J connectivity index is 1.96. The fourth-order valence-electron chi connectivity index (χ4n) is 1.72. The first-order valence-corrected chi connectivity index (χ1v) is 6.75. The van der Waals surface area contributed by atoms with Crippen molar-refractivity contribution in [2.24, 2.45) is 0 Å². The van der Waals surface area contributed by atoms with Crippen molar-refractivity contribution in [1.29, 1.82) is 0 Å². The van der Waals surface area contributed by atoms with Gasteiger partial charge in [0, 0.05) is 19.0 Å². The van der Waals surface area contributed by atoms with Crippen LogP contribution in [0, 0.1) is 0 Å². The van der Waals surface area contributed by atoms with Crippen molar-refractivity contribution in [1.82, 2.24) is 14.8 Å². The molecule has 0 aromatic carbocycles. The largest absolute Gasteiger partial charge is 0.389 e. The summed E-state index contributed by atoms with van der Waals surface area (Å²) in [6.45, 7) is 0. The van der Waals surface area contributed by atoms with Crippen molar-refractivity contribution >= 4 is 23.2 Å². The Morgan fingerprint density at radius 3 is 2.82 bits per heavy atom. The molecule has 0 saturated carbocycles. The van der Waals surface area contributed by atoms with Gasteiger partial charge in [0.2, 0.25) is 5.91 Å². The highest BCUT2D eigenvalue weighted by molar-refractivity contribution is 6.32. The van der Waals surface area contributed by atoms with Gasteiger partial charge < -0.3 is 5.32 Å². The molecule has 0 bridgehead atoms. The second-order valence-electron chi connectivity index (χ2n) is 4.51. The number of nitrogens with one attached hydrogen (secondary N) is 1. The van der Waals surface area contributed by atoms with Crippen LogP contribution in [0.5, 0.6) is 0 Å². The number of pyridine rings is 1. The van der Waals surface area contributed by atoms with E-state index in [1.54, 1.807) is 24.5 Å². The Hall–Kier alpha value is -2.09. The lowest BCUT2D eigenvalue weighted by Crippen LogP contribution is -2.13. The van der Waals surface area contributed by atoms with Crippen LogP contribution in [0.1, 0.15) is 19.3 Å². The molecule has 2 aromatic heterocycles. The van der Waals surface area contributed by atoms with Crippen LogP contribution in [-0.4, -0.2) is 26.8 Å². The summed E-state index contributed by atoms with van der Waals surface area (Å²) < 4.78 is 37.5. The molecule has 2 aromatic rings. The smallest absolute Gasteiger partial charge is 0.322 e. The number of aromatic nitrogens is 3. The molecule has 1 amide bonds. The number of alkyl halides is 3. The zero-order valence-electron chi connectivity index (χ0n) is 11.3. The molecule has 2 rings (SSSR count). The Labute approximate surface area is 129 Å². The minimum absolute atomic E-state index is 0.0491. The molecule has 0 fully saturated rings. The highest BCUT2D eigenvalue weighted by Gasteiger charge is 2.26. The highest BCUT2D eigenvalue weighted by Crippen LogP contribution is 2.24. The monoisotopic (exact) mass is 332 g/mol. The molecule has 0 aliphatic carbocycles. The molecule has 0 spiro atoms. The Kier molecular flexibility index (Phi) is 5.02. The average Bonchev–Trinajstić information content (AvgIpc) is 2.80. The van der Waals surface area contributed by atoms with Gasteiger partial charge in [-0.05, 0) is 18.6 Å². The molecule has 22 heavy (non-hydrogen) atoms. The summed E-state index contributed by atoms with van der Waals surface area (Å²) in [4.78, 5) is 15.5. The predicted molar refractivity (Wildman–Crippen MR) is 74.9 cm³/mol. The fraction of sp³-hybridized carbons (Fsp3) is 0.308. The predicted octanol–water partition coefficient (Wildman–Crippen LogP) is 3.59. The lowest BCUT2D eigenvalue weighted by Gasteiger charge is -2.06. The van der Waals surface area contributed by atoms with E-state index >= 15 is 0 Å². The summed E-state index contributed by atoms with van der Waals surface area (Å²) >= 11 is 5.90. The molecule has 0 aliphatic heterocycles. The molecule has 2 heterocycles. The first-order chi connectivity index (χ1) is 10.3. The maximum Gasteiger partial charge on any atom is 0.389 e. The lowest BCUT2D eigenvalue weighted by atomic mass is 10.2. The number of hydrogen-bond acceptors (Lipinski definition) is 3. The van der Waals surface area contributed by atoms with E-state index in [4.69, 9.17) is 11.6 Å². The summed E-state index contributed by atoms with van der Waals surface area (Å²) in [6, 6.07) is 3.45. The SMILES string of the molecule is O=C(CCCC(F)(F)F)Nc1cn(-c2cccnc2)nc1Cl. The molecule has 1 N–H and O–H groups in total. The normalized spacial score (nSPS) is 11.5. The van der Waals surface area contributed by atoms with Crippen LogP contribution in [0.15, 0.2) is 30.7 Å². The Morgan fingerprint density at radius 2 is 2.18 bits per heavy atom. The van der Waals surface area contributed by atoms with Crippen LogP contribution in [-0.2, 0) is 4.79 Å². The van der Waals surface area contributed by atoms with Crippen molar-refractivity contribution < 1.29 is 18.0 Å². The van der Waals surface area contributed by atoms with Gasteiger partial charge in [-0.3, -0.25) is 9.78 Å². The van der Waals surface area contributed by atoms with Crippen molar-refractivity contribution in [2.45, 2.75) is 25.4 Å². The molecule has 0 atom stereocenters. The average molecular weight is 333 g/mol. The van der Waals surface area contributed by atoms with E-state index in [1.165, 1.54) is 10.9 Å². The van der Waals surface area contributed by atoms with Crippen molar-refractivity contribution in [3.05, 3.63) is 35.9 Å². The van der Waals surface area contributed by atoms with Gasteiger partial charge in [0.05, 0.1) is 23.8 Å². The first kappa shape index (κ1) is 16.3. The maximum atomic E-state index is 12.0. The van der Waals surface area contributed by atoms with Gasteiger partial charge in [0.25, 0.3) is 0 Å². The van der Waals surface area contributed by atoms with Gasteiger partial charge in [-0.25, -0.2) is 4.68 Å². The van der Waals surface area contributed by atoms with Crippen LogP contribution < -0.4 is 5.32 Å². The summed E-state index contributed by atoms with van der Waals surface area (Å²) in [5.74, 6) is -0.545. The lowest BCUT2D eigenvalue weighted by molar-refractivity contribution is -0.136. The molecular formula is C13H12ClF3N4O. The van der Waals surface area contributed by atoms with E-state index in [-0.39, 0.29) is 23.7 Å². The number of hydrogen-bond donors (Lipinski definition) is 1. The number of anilines is 1. The van der Waals surface area contributed by atoms with E-state index in [2.05, 4.69) is 15.4 Å². The summed E-state index contributed by atoms with van der Waals surface area (Å²) in [5.41, 5.74) is 0.879. The molecular weight excluding hydrogens is 321 g/mol. The number of carbonyl (C=O) groups is 1. The first-order valence-electron chi connectivity index (χ1n) is 6.37. The van der Waals surface area contributed by atoms with Gasteiger partial charge in [-0.15, -0.1) is 0 Å². The highest BCUT2D eigenvalue weighted by atomic mass is 35.5. The van der Waals surface area contributed by atoms with Gasteiger partial charge >= 0.3 is 6.18 Å². The molecule has 0 aliphatic rings. The van der Waals surface area contributed by atoms with Crippen molar-refractivity contribution in [2.75, 3.05) is 5.32 Å². The molecule has 0 unspecified atom stereocenters. The maximum absolute atomic E-state index is 12.0. The van der Waals surface area contributed by atoms with Gasteiger partial charge in [-0.1, -0.05) is 11.6 Å². The third-order valence-corrected chi connectivity index (χ3v) is 3.00. The summed E-state index contributed by atoms with van der Waals surface area (Å²) in [6.07, 6.45) is -1.15. The molecule has 0 radical (unpaired) electrons. The number of halogens is 4. The van der Waals surface area contributed by atoms with Crippen molar-refractivity contribution in [3.63, 3.8) is 0 Å². The fourth-order valence-corrected chi connectivity index (χ4v) is 1.90. The third kappa shape index (κ3) is 4.73. The second kappa shape index (κ2) is 6.78. The van der Waals surface area contributed by atoms with Crippen LogP contribution >= 0.6 is 11.6 Å². The Bertz CT molecular complexity index is 642. The van der Waals surface area contributed by atoms with Crippen LogP contribution in [0.2, 0.25) is 5.15 Å². The van der Waals surface area contributed by atoms with E-state index in [9.17, 15) is 18.0 Å². The zero-order chi connectivity index (χ0) is 16.2. The van der Waals surface area contributed by atoms with E-state index in [1.807, 2.05) is 0 Å². The van der Waals surface area contributed by atoms with E-state index in [0.29, 0.717) is 5.69 Å². The third-order valence-electron chi connectivity index (χ3n) is 2.72.